The second-order valence-corrected chi connectivity index (χ2v) is 10.8. The number of nitrogens with two attached hydrogens (primary N) is 2. The van der Waals surface area contributed by atoms with Gasteiger partial charge in [0.15, 0.2) is 0 Å². The van der Waals surface area contributed by atoms with E-state index < -0.39 is 5.41 Å². The lowest BCUT2D eigenvalue weighted by molar-refractivity contribution is -0.131. The number of piperidine rings is 1. The Morgan fingerprint density at radius 1 is 1.07 bits per heavy atom. The van der Waals surface area contributed by atoms with E-state index in [0.717, 1.165) is 28.7 Å². The van der Waals surface area contributed by atoms with Gasteiger partial charge in [0.2, 0.25) is 5.91 Å². The molecule has 2 fully saturated rings. The highest BCUT2D eigenvalue weighted by atomic mass is 16.2. The molecular formula is C29H35N9O3. The monoisotopic (exact) mass is 557 g/mol. The van der Waals surface area contributed by atoms with E-state index in [1.165, 1.54) is 0 Å². The van der Waals surface area contributed by atoms with Gasteiger partial charge in [0.1, 0.15) is 11.9 Å². The first kappa shape index (κ1) is 28.1. The maximum atomic E-state index is 13.1. The average Bonchev–Trinajstić information content (AvgIpc) is 3.32. The molecule has 2 aliphatic carbocycles. The summed E-state index contributed by atoms with van der Waals surface area (Å²) in [4.78, 5) is 39.9. The van der Waals surface area contributed by atoms with Crippen LogP contribution in [0, 0.1) is 23.2 Å². The van der Waals surface area contributed by atoms with E-state index in [1.807, 2.05) is 12.1 Å². The zero-order valence-corrected chi connectivity index (χ0v) is 23.3. The van der Waals surface area contributed by atoms with E-state index in [9.17, 15) is 19.6 Å². The second kappa shape index (κ2) is 10.8. The first-order valence-electron chi connectivity index (χ1n) is 13.7. The number of hydrazone groups is 1. The van der Waals surface area contributed by atoms with Gasteiger partial charge < -0.3 is 26.6 Å². The highest BCUT2D eigenvalue weighted by molar-refractivity contribution is 6.06. The normalized spacial score (nSPS) is 23.1. The van der Waals surface area contributed by atoms with Crippen LogP contribution in [0.5, 0.6) is 0 Å². The van der Waals surface area contributed by atoms with Gasteiger partial charge in [0.05, 0.1) is 18.0 Å². The Balaban J connectivity index is 1.48. The molecule has 0 bridgehead atoms. The first-order valence-corrected chi connectivity index (χ1v) is 13.7. The van der Waals surface area contributed by atoms with Crippen molar-refractivity contribution in [2.75, 3.05) is 27.2 Å². The van der Waals surface area contributed by atoms with Gasteiger partial charge in [-0.15, -0.1) is 0 Å². The van der Waals surface area contributed by atoms with E-state index >= 15 is 0 Å². The Kier molecular flexibility index (Phi) is 7.42. The molecule has 41 heavy (non-hydrogen) atoms. The molecule has 3 aliphatic rings. The van der Waals surface area contributed by atoms with Crippen molar-refractivity contribution in [3.05, 3.63) is 58.7 Å². The van der Waals surface area contributed by atoms with Crippen molar-refractivity contribution in [1.82, 2.24) is 26.4 Å². The Bertz CT molecular complexity index is 1410. The van der Waals surface area contributed by atoms with Crippen molar-refractivity contribution in [3.63, 3.8) is 0 Å². The summed E-state index contributed by atoms with van der Waals surface area (Å²) in [6, 6.07) is 12.7. The maximum absolute atomic E-state index is 13.1. The van der Waals surface area contributed by atoms with E-state index in [0.29, 0.717) is 35.9 Å². The Morgan fingerprint density at radius 2 is 1.66 bits per heavy atom. The van der Waals surface area contributed by atoms with Crippen LogP contribution in [-0.4, -0.2) is 67.7 Å². The Morgan fingerprint density at radius 3 is 2.17 bits per heavy atom. The molecule has 12 nitrogen and oxygen atoms in total. The molecule has 12 heteroatoms. The molecule has 1 aliphatic heterocycles. The predicted octanol–water partition coefficient (Wildman–Crippen LogP) is 0.146. The average molecular weight is 558 g/mol. The zero-order valence-electron chi connectivity index (χ0n) is 23.3. The van der Waals surface area contributed by atoms with E-state index in [4.69, 9.17) is 11.6 Å². The minimum atomic E-state index is -0.964. The van der Waals surface area contributed by atoms with Gasteiger partial charge in [-0.25, -0.2) is 11.4 Å². The van der Waals surface area contributed by atoms with Crippen LogP contribution < -0.4 is 33.1 Å². The first-order chi connectivity index (χ1) is 19.7. The summed E-state index contributed by atoms with van der Waals surface area (Å²) in [6.07, 6.45) is 1.14. The van der Waals surface area contributed by atoms with Gasteiger partial charge in [0.25, 0.3) is 11.8 Å². The summed E-state index contributed by atoms with van der Waals surface area (Å²) in [7, 11) is 3.13. The number of likely N-dealkylation sites (tertiary alicyclic amines) is 1. The summed E-state index contributed by atoms with van der Waals surface area (Å²) >= 11 is 0. The molecule has 0 aromatic heterocycles. The number of amides is 3. The predicted molar refractivity (Wildman–Crippen MR) is 153 cm³/mol. The molecular weight excluding hydrogens is 522 g/mol. The van der Waals surface area contributed by atoms with Crippen LogP contribution >= 0.6 is 0 Å². The standard InChI is InChI=1S/C29H35N9O3/c1-15-19-12-18(13-30)38(25(15)19)24(39)14-35-9-8-29(28(31)36-37-32)22-6-4-16(26(40)33-2)10-20(22)21-11-17(27(41)34-3)5-7-23(21)29/h4-7,10-11,15,18-19,25,35,37H,8-9,12,14,32H2,1-3H3,(H2,31,36)(H,33,40)(H,34,41). The number of fused-ring (bicyclic) bond motifs is 4. The lowest BCUT2D eigenvalue weighted by atomic mass is 9.74. The molecule has 3 amide bonds. The third-order valence-corrected chi connectivity index (χ3v) is 8.90. The number of rotatable bonds is 9. The van der Waals surface area contributed by atoms with Crippen LogP contribution in [-0.2, 0) is 10.2 Å². The van der Waals surface area contributed by atoms with Gasteiger partial charge in [-0.2, -0.15) is 10.4 Å². The lowest BCUT2D eigenvalue weighted by Crippen LogP contribution is -2.47. The van der Waals surface area contributed by atoms with E-state index in [-0.39, 0.29) is 42.2 Å². The van der Waals surface area contributed by atoms with Crippen molar-refractivity contribution in [2.45, 2.75) is 37.3 Å². The Labute approximate surface area is 238 Å². The number of hydrazine groups is 1. The third kappa shape index (κ3) is 4.47. The summed E-state index contributed by atoms with van der Waals surface area (Å²) < 4.78 is 0. The van der Waals surface area contributed by atoms with Crippen LogP contribution in [0.15, 0.2) is 41.5 Å². The van der Waals surface area contributed by atoms with Crippen LogP contribution in [0.2, 0.25) is 0 Å². The van der Waals surface area contributed by atoms with Gasteiger partial charge in [-0.05, 0) is 77.7 Å². The van der Waals surface area contributed by atoms with Crippen molar-refractivity contribution in [3.8, 4) is 17.2 Å². The van der Waals surface area contributed by atoms with Crippen molar-refractivity contribution in [2.24, 2.45) is 28.5 Å². The number of nitrogens with one attached hydrogen (secondary N) is 4. The van der Waals surface area contributed by atoms with E-state index in [2.05, 4.69) is 39.6 Å². The third-order valence-electron chi connectivity index (χ3n) is 8.90. The number of hydrogen-bond donors (Lipinski definition) is 6. The molecule has 5 rings (SSSR count). The fourth-order valence-electron chi connectivity index (χ4n) is 6.77. The number of nitrogens with zero attached hydrogens (tertiary/aromatic N) is 3. The number of amidine groups is 1. The number of carbonyl (C=O) groups is 3. The molecule has 1 heterocycles. The minimum absolute atomic E-state index is 0.0846. The highest BCUT2D eigenvalue weighted by Crippen LogP contribution is 2.53. The van der Waals surface area contributed by atoms with Crippen molar-refractivity contribution < 1.29 is 14.4 Å². The quantitative estimate of drug-likeness (QED) is 0.0825. The van der Waals surface area contributed by atoms with Gasteiger partial charge in [-0.1, -0.05) is 19.1 Å². The topological polar surface area (TPSA) is 191 Å². The lowest BCUT2D eigenvalue weighted by Gasteiger charge is -2.32. The van der Waals surface area contributed by atoms with E-state index in [1.54, 1.807) is 43.3 Å². The van der Waals surface area contributed by atoms with Crippen LogP contribution in [0.25, 0.3) is 11.1 Å². The summed E-state index contributed by atoms with van der Waals surface area (Å²) in [5.74, 6) is 6.02. The number of nitriles is 1. The SMILES string of the molecule is CNC(=O)c1ccc2c(c1)-c1cc(C(=O)NC)ccc1C2(CCNCC(=O)N1C(C#N)CC2C(C)C21)/C(N)=N/NN. The second-order valence-electron chi connectivity index (χ2n) is 10.8. The summed E-state index contributed by atoms with van der Waals surface area (Å²) in [5, 5.41) is 22.3. The number of benzene rings is 2. The van der Waals surface area contributed by atoms with Crippen molar-refractivity contribution in [1.29, 1.82) is 5.26 Å². The van der Waals surface area contributed by atoms with Crippen LogP contribution in [0.3, 0.4) is 0 Å². The fraction of sp³-hybridized carbons (Fsp3) is 0.414. The number of carbonyl (C=O) groups excluding carboxylic acids is 3. The van der Waals surface area contributed by atoms with Gasteiger partial charge >= 0.3 is 0 Å². The molecule has 214 valence electrons. The minimum Gasteiger partial charge on any atom is -0.385 e. The zero-order chi connectivity index (χ0) is 29.5. The summed E-state index contributed by atoms with van der Waals surface area (Å²) in [6.45, 7) is 2.59. The van der Waals surface area contributed by atoms with Gasteiger partial charge in [-0.3, -0.25) is 14.4 Å². The molecule has 4 unspecified atom stereocenters. The molecule has 2 aromatic carbocycles. The molecule has 8 N–H and O–H groups in total. The molecule has 4 atom stereocenters. The maximum Gasteiger partial charge on any atom is 0.251 e. The Hall–Kier alpha value is -4.47. The fourth-order valence-corrected chi connectivity index (χ4v) is 6.77. The summed E-state index contributed by atoms with van der Waals surface area (Å²) in [5.41, 5.74) is 12.0. The molecule has 1 saturated heterocycles. The van der Waals surface area contributed by atoms with Crippen LogP contribution in [0.4, 0.5) is 0 Å². The molecule has 1 saturated carbocycles. The molecule has 0 radical (unpaired) electrons. The largest absolute Gasteiger partial charge is 0.385 e. The molecule has 2 aromatic rings. The van der Waals surface area contributed by atoms with Crippen molar-refractivity contribution >= 4 is 23.6 Å². The van der Waals surface area contributed by atoms with Crippen LogP contribution in [0.1, 0.15) is 51.6 Å². The molecule has 0 spiro atoms. The smallest absolute Gasteiger partial charge is 0.251 e. The van der Waals surface area contributed by atoms with Gasteiger partial charge in [0, 0.05) is 31.3 Å². The highest BCUT2D eigenvalue weighted by Gasteiger charge is 2.60. The number of hydrogen-bond acceptors (Lipinski definition) is 8.